The van der Waals surface area contributed by atoms with Crippen molar-refractivity contribution < 1.29 is 42.3 Å². The van der Waals surface area contributed by atoms with Crippen molar-refractivity contribution in [1.29, 1.82) is 0 Å². The maximum atomic E-state index is 10.5. The molecule has 0 aliphatic carbocycles. The second-order valence-electron chi connectivity index (χ2n) is 3.67. The van der Waals surface area contributed by atoms with E-state index >= 15 is 0 Å². The molecule has 190 valence electrons. The predicted octanol–water partition coefficient (Wildman–Crippen LogP) is 5.16. The zero-order valence-corrected chi connectivity index (χ0v) is 16.4. The molecule has 0 unspecified atom stereocenters. The number of carbonyl (C=O) groups is 1. The SMILES string of the molecule is C.C.C.C.CC/C(Cl)=N/O.O=C=O.O=C=O.[2H]C#C.[2H]c1cc(C(C)=O)no1.[2H]c1cc(CC)no1. The van der Waals surface area contributed by atoms with Gasteiger partial charge in [-0.1, -0.05) is 70.6 Å². The van der Waals surface area contributed by atoms with Gasteiger partial charge >= 0.3 is 12.3 Å². The first-order valence-corrected chi connectivity index (χ1v) is 7.55. The van der Waals surface area contributed by atoms with E-state index in [1.165, 1.54) is 19.4 Å². The second-order valence-corrected chi connectivity index (χ2v) is 4.11. The molecule has 33 heavy (non-hydrogen) atoms. The van der Waals surface area contributed by atoms with Crippen molar-refractivity contribution in [3.05, 3.63) is 36.0 Å². The molecule has 0 aromatic carbocycles. The zero-order valence-electron chi connectivity index (χ0n) is 18.7. The van der Waals surface area contributed by atoms with Crippen molar-refractivity contribution in [1.82, 2.24) is 10.3 Å². The lowest BCUT2D eigenvalue weighted by atomic mass is 10.3. The average Bonchev–Trinajstić information content (AvgIpc) is 3.38. The van der Waals surface area contributed by atoms with E-state index in [9.17, 15) is 4.79 Å². The van der Waals surface area contributed by atoms with Gasteiger partial charge in [-0.2, -0.15) is 19.2 Å². The summed E-state index contributed by atoms with van der Waals surface area (Å²) >= 11 is 5.15. The van der Waals surface area contributed by atoms with Crippen molar-refractivity contribution in [3.63, 3.8) is 0 Å². The summed E-state index contributed by atoms with van der Waals surface area (Å²) in [4.78, 5) is 43.0. The quantitative estimate of drug-likeness (QED) is 0.196. The summed E-state index contributed by atoms with van der Waals surface area (Å²) in [6, 6.07) is 2.89. The van der Waals surface area contributed by atoms with Crippen LogP contribution in [0.1, 0.15) is 77.2 Å². The maximum Gasteiger partial charge on any atom is 0.373 e. The topological polar surface area (TPSA) is 170 Å². The zero-order chi connectivity index (χ0) is 25.9. The number of hydrogen-bond donors (Lipinski definition) is 1. The van der Waals surface area contributed by atoms with Crippen LogP contribution in [0.2, 0.25) is 0 Å². The van der Waals surface area contributed by atoms with Crippen LogP contribution in [0.3, 0.4) is 0 Å². The lowest BCUT2D eigenvalue weighted by Gasteiger charge is -1.78. The number of Topliss-reactive ketones (excluding diaryl/α,β-unsaturated/α-hetero) is 1. The van der Waals surface area contributed by atoms with Crippen molar-refractivity contribution >= 4 is 34.9 Å². The van der Waals surface area contributed by atoms with Crippen molar-refractivity contribution in [2.24, 2.45) is 5.16 Å². The third kappa shape index (κ3) is 47.4. The molecule has 11 nitrogen and oxygen atoms in total. The highest BCUT2D eigenvalue weighted by Gasteiger charge is 1.98. The first-order chi connectivity index (χ1) is 15.1. The fraction of sp³-hybridized carbons (Fsp3) is 0.429. The fourth-order valence-corrected chi connectivity index (χ4v) is 0.793. The first kappa shape index (κ1) is 39.6. The Labute approximate surface area is 205 Å². The summed E-state index contributed by atoms with van der Waals surface area (Å²) in [5.74, 6) is -0.183. The molecule has 0 amide bonds. The lowest BCUT2D eigenvalue weighted by Crippen LogP contribution is -1.89. The highest BCUT2D eigenvalue weighted by atomic mass is 35.5. The van der Waals surface area contributed by atoms with Crippen LogP contribution in [0.25, 0.3) is 0 Å². The molecule has 1 N–H and O–H groups in total. The van der Waals surface area contributed by atoms with Crippen LogP contribution in [-0.4, -0.2) is 38.8 Å². The van der Waals surface area contributed by atoms with E-state index < -0.39 is 0 Å². The maximum absolute atomic E-state index is 10.5. The summed E-state index contributed by atoms with van der Waals surface area (Å²) in [5, 5.41) is 17.6. The van der Waals surface area contributed by atoms with E-state index in [4.69, 9.17) is 40.1 Å². The van der Waals surface area contributed by atoms with Gasteiger partial charge < -0.3 is 14.3 Å². The van der Waals surface area contributed by atoms with Crippen molar-refractivity contribution in [3.8, 4) is 12.8 Å². The Bertz CT molecular complexity index is 873. The molecule has 0 saturated carbocycles. The molecular weight excluding hydrogens is 458 g/mol. The van der Waals surface area contributed by atoms with Crippen LogP contribution in [0.15, 0.2) is 38.8 Å². The minimum atomic E-state index is -0.183. The molecule has 2 rings (SSSR count). The second kappa shape index (κ2) is 46.4. The minimum Gasteiger partial charge on any atom is -0.410 e. The van der Waals surface area contributed by atoms with Crippen LogP contribution in [0, 0.1) is 12.8 Å². The molecule has 0 fully saturated rings. The van der Waals surface area contributed by atoms with Gasteiger partial charge in [0.05, 0.1) is 5.69 Å². The third-order valence-electron chi connectivity index (χ3n) is 1.96. The molecular formula is C21H36ClN3O8. The van der Waals surface area contributed by atoms with Crippen molar-refractivity contribution in [2.45, 2.75) is 63.3 Å². The largest absolute Gasteiger partial charge is 0.410 e. The summed E-state index contributed by atoms with van der Waals surface area (Å²) in [7, 11) is 0. The van der Waals surface area contributed by atoms with Gasteiger partial charge in [0.25, 0.3) is 0 Å². The van der Waals surface area contributed by atoms with Crippen LogP contribution < -0.4 is 0 Å². The molecule has 0 aliphatic rings. The monoisotopic (exact) mass is 496 g/mol. The standard InChI is InChI=1S/C5H5NO2.C5H7NO.C3H6ClNO.C2H2.2CO2.4CH4/c1-4(7)5-2-3-8-6-5;1-2-5-3-4-7-6-5;1-2-3(4)5-6;1-2;2*2-1-3;;;;/h2-3H,1H3;3-4H,2H2,1H3;6H,2H2,1H3;1-2H;;;4*1H4/b;;5-3-;;;;;;;/i3D;4D;;1D;;;;;;. The average molecular weight is 497 g/mol. The van der Waals surface area contributed by atoms with E-state index in [0.717, 1.165) is 12.1 Å². The van der Waals surface area contributed by atoms with Crippen LogP contribution in [-0.2, 0) is 25.6 Å². The summed E-state index contributed by atoms with van der Waals surface area (Å²) in [6.07, 6.45) is 7.75. The summed E-state index contributed by atoms with van der Waals surface area (Å²) in [5.41, 5.74) is 1.05. The van der Waals surface area contributed by atoms with Gasteiger partial charge in [-0.05, 0) is 6.42 Å². The van der Waals surface area contributed by atoms with Crippen LogP contribution >= 0.6 is 11.6 Å². The summed E-state index contributed by atoms with van der Waals surface area (Å²) < 4.78 is 28.2. The molecule has 0 bridgehead atoms. The Morgan fingerprint density at radius 1 is 1.12 bits per heavy atom. The Morgan fingerprint density at radius 2 is 1.52 bits per heavy atom. The fourth-order valence-electron chi connectivity index (χ4n) is 0.793. The number of rotatable bonds is 3. The normalized spacial score (nSPS) is 7.97. The first-order valence-electron chi connectivity index (χ1n) is 8.67. The van der Waals surface area contributed by atoms with E-state index in [2.05, 4.69) is 30.9 Å². The van der Waals surface area contributed by atoms with Gasteiger partial charge in [-0.15, -0.1) is 12.8 Å². The number of hydrogen-bond acceptors (Lipinski definition) is 11. The summed E-state index contributed by atoms with van der Waals surface area (Å²) in [6.45, 7) is 5.15. The highest BCUT2D eigenvalue weighted by molar-refractivity contribution is 6.65. The molecule has 2 aromatic heterocycles. The van der Waals surface area contributed by atoms with Gasteiger partial charge in [-0.3, -0.25) is 4.79 Å². The predicted molar refractivity (Wildman–Crippen MR) is 125 cm³/mol. The molecule has 0 atom stereocenters. The van der Waals surface area contributed by atoms with Gasteiger partial charge in [0.15, 0.2) is 5.78 Å². The number of carbonyl (C=O) groups excluding carboxylic acids is 5. The van der Waals surface area contributed by atoms with Crippen LogP contribution in [0.5, 0.6) is 0 Å². The number of aromatic nitrogens is 2. The van der Waals surface area contributed by atoms with Crippen molar-refractivity contribution in [2.75, 3.05) is 0 Å². The number of terminal acetylenes is 1. The van der Waals surface area contributed by atoms with Gasteiger partial charge in [0.2, 0.25) is 0 Å². The molecule has 0 radical (unpaired) electrons. The molecule has 2 aromatic rings. The van der Waals surface area contributed by atoms with Gasteiger partial charge in [0, 0.05) is 25.5 Å². The van der Waals surface area contributed by atoms with Gasteiger partial charge in [-0.25, -0.2) is 0 Å². The Hall–Kier alpha value is -3.83. The smallest absolute Gasteiger partial charge is 0.373 e. The third-order valence-corrected chi connectivity index (χ3v) is 2.30. The number of aryl methyl sites for hydroxylation is 1. The number of halogens is 1. The number of oxime groups is 1. The Balaban J connectivity index is -0.0000000452. The molecule has 0 spiro atoms. The molecule has 2 heterocycles. The van der Waals surface area contributed by atoms with E-state index in [1.807, 2.05) is 13.8 Å². The highest BCUT2D eigenvalue weighted by Crippen LogP contribution is 1.93. The lowest BCUT2D eigenvalue weighted by molar-refractivity contribution is -0.193. The van der Waals surface area contributed by atoms with E-state index in [1.54, 1.807) is 6.07 Å². The molecule has 0 saturated heterocycles. The van der Waals surface area contributed by atoms with Gasteiger partial charge in [0.1, 0.15) is 27.5 Å². The van der Waals surface area contributed by atoms with E-state index in [0.29, 0.717) is 6.42 Å². The number of ketones is 1. The minimum absolute atomic E-state index is 0. The Kier molecular flexibility index (Phi) is 55.7. The Morgan fingerprint density at radius 3 is 1.64 bits per heavy atom. The molecule has 0 aliphatic heterocycles. The number of nitrogens with zero attached hydrogens (tertiary/aromatic N) is 3. The van der Waals surface area contributed by atoms with E-state index in [-0.39, 0.29) is 71.1 Å². The molecule has 12 heteroatoms. The van der Waals surface area contributed by atoms with Crippen LogP contribution in [0.4, 0.5) is 0 Å².